The minimum Gasteiger partial charge on any atom is -0.478 e. The smallest absolute Gasteiger partial charge is 0.335 e. The van der Waals surface area contributed by atoms with Crippen LogP contribution in [0.1, 0.15) is 51.4 Å². The van der Waals surface area contributed by atoms with Gasteiger partial charge in [-0.05, 0) is 31.0 Å². The van der Waals surface area contributed by atoms with Gasteiger partial charge in [0.05, 0.1) is 11.1 Å². The molecule has 0 radical (unpaired) electrons. The largest absolute Gasteiger partial charge is 0.478 e. The number of carboxylic acid groups (broad SMARTS) is 1. The molecule has 1 aromatic carbocycles. The number of nitrogens with one attached hydrogen (secondary N) is 1. The van der Waals surface area contributed by atoms with E-state index in [1.54, 1.807) is 29.7 Å². The average Bonchev–Trinajstić information content (AvgIpc) is 3.19. The van der Waals surface area contributed by atoms with Crippen LogP contribution in [0.15, 0.2) is 35.8 Å². The van der Waals surface area contributed by atoms with Gasteiger partial charge in [0.15, 0.2) is 0 Å². The first kappa shape index (κ1) is 14.7. The summed E-state index contributed by atoms with van der Waals surface area (Å²) < 4.78 is 0. The molecule has 0 spiro atoms. The molecular weight excluding hydrogens is 300 g/mol. The van der Waals surface area contributed by atoms with Crippen LogP contribution in [0.2, 0.25) is 0 Å². The SMILES string of the molecule is O=C(O)c1cccc(C(=O)NC2(c3nccs3)CCCC2)c1. The normalized spacial score (nSPS) is 16.4. The first-order chi connectivity index (χ1) is 10.6. The molecule has 3 rings (SSSR count). The lowest BCUT2D eigenvalue weighted by molar-refractivity contribution is 0.0697. The van der Waals surface area contributed by atoms with Crippen LogP contribution >= 0.6 is 11.3 Å². The summed E-state index contributed by atoms with van der Waals surface area (Å²) in [5.74, 6) is -1.29. The minimum atomic E-state index is -1.04. The van der Waals surface area contributed by atoms with Crippen molar-refractivity contribution in [2.24, 2.45) is 0 Å². The fourth-order valence-electron chi connectivity index (χ4n) is 2.91. The lowest BCUT2D eigenvalue weighted by atomic mass is 9.97. The lowest BCUT2D eigenvalue weighted by Crippen LogP contribution is -2.43. The zero-order valence-electron chi connectivity index (χ0n) is 11.9. The van der Waals surface area contributed by atoms with E-state index < -0.39 is 11.5 Å². The molecule has 5 nitrogen and oxygen atoms in total. The van der Waals surface area contributed by atoms with E-state index in [9.17, 15) is 9.59 Å². The van der Waals surface area contributed by atoms with Crippen LogP contribution < -0.4 is 5.32 Å². The Morgan fingerprint density at radius 3 is 2.59 bits per heavy atom. The molecule has 6 heteroatoms. The number of hydrogen-bond donors (Lipinski definition) is 2. The van der Waals surface area contributed by atoms with Crippen LogP contribution in [0.5, 0.6) is 0 Å². The number of hydrogen-bond acceptors (Lipinski definition) is 4. The number of nitrogens with zero attached hydrogens (tertiary/aromatic N) is 1. The van der Waals surface area contributed by atoms with Crippen molar-refractivity contribution in [1.82, 2.24) is 10.3 Å². The van der Waals surface area contributed by atoms with E-state index in [2.05, 4.69) is 10.3 Å². The van der Waals surface area contributed by atoms with Gasteiger partial charge in [0.25, 0.3) is 5.91 Å². The Labute approximate surface area is 132 Å². The molecule has 1 aromatic heterocycles. The van der Waals surface area contributed by atoms with E-state index >= 15 is 0 Å². The van der Waals surface area contributed by atoms with Crippen LogP contribution in [0.3, 0.4) is 0 Å². The van der Waals surface area contributed by atoms with Crippen molar-refractivity contribution in [3.8, 4) is 0 Å². The van der Waals surface area contributed by atoms with Crippen molar-refractivity contribution in [3.63, 3.8) is 0 Å². The molecule has 1 saturated carbocycles. The topological polar surface area (TPSA) is 79.3 Å². The zero-order valence-corrected chi connectivity index (χ0v) is 12.7. The van der Waals surface area contributed by atoms with Crippen LogP contribution in [-0.4, -0.2) is 22.0 Å². The summed E-state index contributed by atoms with van der Waals surface area (Å²) in [6.45, 7) is 0. The number of aromatic nitrogens is 1. The van der Waals surface area contributed by atoms with Crippen molar-refractivity contribution in [3.05, 3.63) is 52.0 Å². The number of carbonyl (C=O) groups excluding carboxylic acids is 1. The molecule has 1 aliphatic rings. The number of benzene rings is 1. The van der Waals surface area contributed by atoms with E-state index in [-0.39, 0.29) is 11.5 Å². The quantitative estimate of drug-likeness (QED) is 0.908. The van der Waals surface area contributed by atoms with E-state index in [1.807, 2.05) is 5.38 Å². The van der Waals surface area contributed by atoms with Crippen molar-refractivity contribution in [2.45, 2.75) is 31.2 Å². The van der Waals surface area contributed by atoms with E-state index in [4.69, 9.17) is 5.11 Å². The number of aromatic carboxylic acids is 1. The van der Waals surface area contributed by atoms with Gasteiger partial charge >= 0.3 is 5.97 Å². The van der Waals surface area contributed by atoms with Crippen molar-refractivity contribution in [2.75, 3.05) is 0 Å². The summed E-state index contributed by atoms with van der Waals surface area (Å²) >= 11 is 1.54. The molecule has 22 heavy (non-hydrogen) atoms. The highest BCUT2D eigenvalue weighted by atomic mass is 32.1. The first-order valence-electron chi connectivity index (χ1n) is 7.17. The lowest BCUT2D eigenvalue weighted by Gasteiger charge is -2.28. The molecule has 1 aliphatic carbocycles. The van der Waals surface area contributed by atoms with Crippen molar-refractivity contribution < 1.29 is 14.7 Å². The Kier molecular flexibility index (Phi) is 3.94. The molecule has 114 valence electrons. The Balaban J connectivity index is 1.86. The summed E-state index contributed by atoms with van der Waals surface area (Å²) in [4.78, 5) is 28.0. The Hall–Kier alpha value is -2.21. The monoisotopic (exact) mass is 316 g/mol. The van der Waals surface area contributed by atoms with E-state index in [0.717, 1.165) is 30.7 Å². The third kappa shape index (κ3) is 2.74. The van der Waals surface area contributed by atoms with Gasteiger partial charge in [-0.15, -0.1) is 11.3 Å². The number of amides is 1. The van der Waals surface area contributed by atoms with Crippen LogP contribution in [-0.2, 0) is 5.54 Å². The number of carbonyl (C=O) groups is 2. The minimum absolute atomic E-state index is 0.113. The fraction of sp³-hybridized carbons (Fsp3) is 0.312. The highest BCUT2D eigenvalue weighted by Gasteiger charge is 2.39. The third-order valence-corrected chi connectivity index (χ3v) is 5.00. The second kappa shape index (κ2) is 5.88. The van der Waals surface area contributed by atoms with Gasteiger partial charge in [-0.3, -0.25) is 4.79 Å². The standard InChI is InChI=1S/C16H16N2O3S/c19-13(11-4-3-5-12(10-11)14(20)21)18-16(6-1-2-7-16)15-17-8-9-22-15/h3-5,8-10H,1-2,6-7H2,(H,18,19)(H,20,21). The molecule has 2 N–H and O–H groups in total. The molecule has 1 fully saturated rings. The van der Waals surface area contributed by atoms with Gasteiger partial charge in [-0.1, -0.05) is 18.9 Å². The second-order valence-electron chi connectivity index (χ2n) is 5.47. The summed E-state index contributed by atoms with van der Waals surface area (Å²) in [6, 6.07) is 6.10. The maximum atomic E-state index is 12.5. The third-order valence-electron chi connectivity index (χ3n) is 4.02. The van der Waals surface area contributed by atoms with Crippen LogP contribution in [0.4, 0.5) is 0 Å². The Morgan fingerprint density at radius 1 is 1.23 bits per heavy atom. The van der Waals surface area contributed by atoms with Gasteiger partial charge in [-0.25, -0.2) is 9.78 Å². The van der Waals surface area contributed by atoms with E-state index in [0.29, 0.717) is 5.56 Å². The fourth-order valence-corrected chi connectivity index (χ4v) is 3.77. The van der Waals surface area contributed by atoms with Gasteiger partial charge in [0.2, 0.25) is 0 Å². The number of thiazole rings is 1. The molecule has 1 amide bonds. The summed E-state index contributed by atoms with van der Waals surface area (Å²) in [5, 5.41) is 15.0. The second-order valence-corrected chi connectivity index (χ2v) is 6.36. The molecule has 0 saturated heterocycles. The summed E-state index contributed by atoms with van der Waals surface area (Å²) in [6.07, 6.45) is 5.58. The van der Waals surface area contributed by atoms with E-state index in [1.165, 1.54) is 12.1 Å². The summed E-state index contributed by atoms with van der Waals surface area (Å²) in [7, 11) is 0. The van der Waals surface area contributed by atoms with Crippen molar-refractivity contribution >= 4 is 23.2 Å². The van der Waals surface area contributed by atoms with Gasteiger partial charge in [-0.2, -0.15) is 0 Å². The molecule has 0 aliphatic heterocycles. The molecule has 1 heterocycles. The number of carboxylic acids is 1. The predicted molar refractivity (Wildman–Crippen MR) is 83.1 cm³/mol. The van der Waals surface area contributed by atoms with Crippen LogP contribution in [0.25, 0.3) is 0 Å². The Morgan fingerprint density at radius 2 is 1.95 bits per heavy atom. The maximum absolute atomic E-state index is 12.5. The highest BCUT2D eigenvalue weighted by molar-refractivity contribution is 7.09. The average molecular weight is 316 g/mol. The number of rotatable bonds is 4. The molecular formula is C16H16N2O3S. The Bertz CT molecular complexity index is 691. The first-order valence-corrected chi connectivity index (χ1v) is 8.04. The predicted octanol–water partition coefficient (Wildman–Crippen LogP) is 3.04. The highest BCUT2D eigenvalue weighted by Crippen LogP contribution is 2.39. The van der Waals surface area contributed by atoms with Gasteiger partial charge in [0, 0.05) is 17.1 Å². The molecule has 0 bridgehead atoms. The van der Waals surface area contributed by atoms with Gasteiger partial charge in [0.1, 0.15) is 5.01 Å². The molecule has 0 unspecified atom stereocenters. The van der Waals surface area contributed by atoms with Crippen molar-refractivity contribution in [1.29, 1.82) is 0 Å². The van der Waals surface area contributed by atoms with Gasteiger partial charge < -0.3 is 10.4 Å². The summed E-state index contributed by atoms with van der Waals surface area (Å²) in [5.41, 5.74) is 0.0647. The zero-order chi connectivity index (χ0) is 15.6. The molecule has 0 atom stereocenters. The molecule has 2 aromatic rings. The van der Waals surface area contributed by atoms with Crippen LogP contribution in [0, 0.1) is 0 Å². The maximum Gasteiger partial charge on any atom is 0.335 e.